The third-order valence-electron chi connectivity index (χ3n) is 8.91. The van der Waals surface area contributed by atoms with Gasteiger partial charge in [0.25, 0.3) is 7.82 Å². The second-order valence-electron chi connectivity index (χ2n) is 14.0. The number of carbonyl (C=O) groups excluding carboxylic acids is 2. The zero-order chi connectivity index (χ0) is 37.7. The summed E-state index contributed by atoms with van der Waals surface area (Å²) in [5, 5.41) is 18.2. The maximum Gasteiger partial charge on any atom is 1.00 e. The number of hydrogen-bond donors (Lipinski definition) is 2. The Morgan fingerprint density at radius 3 is 1.42 bits per heavy atom. The van der Waals surface area contributed by atoms with Crippen molar-refractivity contribution in [1.29, 1.82) is 0 Å². The molecule has 302 valence electrons. The van der Waals surface area contributed by atoms with Gasteiger partial charge in [0.2, 0.25) is 0 Å². The minimum Gasteiger partial charge on any atom is -0.756 e. The molecule has 0 aromatic heterocycles. The van der Waals surface area contributed by atoms with E-state index in [0.29, 0.717) is 12.8 Å². The quantitative estimate of drug-likeness (QED) is 0.0224. The number of esters is 2. The molecule has 0 aliphatic heterocycles. The smallest absolute Gasteiger partial charge is 0.756 e. The van der Waals surface area contributed by atoms with Crippen LogP contribution in [0.3, 0.4) is 0 Å². The van der Waals surface area contributed by atoms with E-state index in [9.17, 15) is 24.2 Å². The minimum atomic E-state index is -4.86. The van der Waals surface area contributed by atoms with Crippen LogP contribution in [-0.4, -0.2) is 60.8 Å². The number of rotatable bonds is 39. The van der Waals surface area contributed by atoms with Gasteiger partial charge in [-0.05, 0) is 38.5 Å². The van der Waals surface area contributed by atoms with Crippen molar-refractivity contribution < 1.29 is 77.3 Å². The van der Waals surface area contributed by atoms with Gasteiger partial charge in [0.1, 0.15) is 12.7 Å². The number of hydrogen-bond acceptors (Lipinski definition) is 10. The molecule has 0 fully saturated rings. The first-order chi connectivity index (χ1) is 24.7. The van der Waals surface area contributed by atoms with Crippen LogP contribution in [-0.2, 0) is 32.7 Å². The van der Waals surface area contributed by atoms with Gasteiger partial charge in [-0.1, -0.05) is 154 Å². The number of unbranched alkanes of at least 4 members (excludes halogenated alkanes) is 23. The molecule has 0 rings (SSSR count). The van der Waals surface area contributed by atoms with Crippen molar-refractivity contribution >= 4 is 19.8 Å². The summed E-state index contributed by atoms with van der Waals surface area (Å²) in [6.45, 7) is 2.19. The number of aliphatic hydroxyl groups is 2. The Hall–Kier alpha value is -0.290. The first-order valence-corrected chi connectivity index (χ1v) is 22.1. The Bertz CT molecular complexity index is 875. The van der Waals surface area contributed by atoms with E-state index in [0.717, 1.165) is 57.8 Å². The zero-order valence-corrected chi connectivity index (χ0v) is 36.4. The summed E-state index contributed by atoms with van der Waals surface area (Å²) >= 11 is 0. The average molecular weight is 771 g/mol. The van der Waals surface area contributed by atoms with Crippen LogP contribution in [0, 0.1) is 0 Å². The van der Waals surface area contributed by atoms with Gasteiger partial charge in [-0.3, -0.25) is 14.2 Å². The topological polar surface area (TPSA) is 152 Å². The molecule has 12 heteroatoms. The molecule has 10 nitrogen and oxygen atoms in total. The third kappa shape index (κ3) is 39.4. The normalized spacial score (nSPS) is 13.8. The third-order valence-corrected chi connectivity index (χ3v) is 9.84. The minimum absolute atomic E-state index is 0. The number of allylic oxidation sites excluding steroid dienone is 2. The Labute approximate surface area is 339 Å². The number of phosphoric ester groups is 1. The van der Waals surface area contributed by atoms with Crippen molar-refractivity contribution in [1.82, 2.24) is 0 Å². The monoisotopic (exact) mass is 771 g/mol. The molecule has 2 N–H and O–H groups in total. The van der Waals surface area contributed by atoms with E-state index >= 15 is 0 Å². The standard InChI is InChI=1S/C40H77O10P.Na/c1-3-5-7-9-11-13-15-17-18-20-22-24-26-28-30-32-40(44)50-38(36-49-51(45,46)48-34-37(42)33-41)35-47-39(43)31-29-27-25-23-21-19-16-14-12-10-8-6-4-2;/h17-18,37-38,41-42H,3-16,19-36H2,1-2H3,(H,45,46);/q;+1/p-1/b18-17-;. The average Bonchev–Trinajstić information content (AvgIpc) is 3.12. The van der Waals surface area contributed by atoms with Crippen molar-refractivity contribution in [3.05, 3.63) is 12.2 Å². The summed E-state index contributed by atoms with van der Waals surface area (Å²) in [4.78, 5) is 37.0. The number of ether oxygens (including phenoxy) is 2. The second kappa shape index (κ2) is 40.4. The fourth-order valence-corrected chi connectivity index (χ4v) is 6.47. The number of aliphatic hydroxyl groups excluding tert-OH is 2. The maximum atomic E-state index is 12.6. The molecule has 0 aliphatic rings. The molecular formula is C40H76NaO10P. The van der Waals surface area contributed by atoms with Gasteiger partial charge >= 0.3 is 41.5 Å². The van der Waals surface area contributed by atoms with Crippen molar-refractivity contribution in [2.24, 2.45) is 0 Å². The molecule has 0 amide bonds. The van der Waals surface area contributed by atoms with Crippen molar-refractivity contribution in [3.8, 4) is 0 Å². The second-order valence-corrected chi connectivity index (χ2v) is 15.4. The fraction of sp³-hybridized carbons (Fsp3) is 0.900. The van der Waals surface area contributed by atoms with Crippen LogP contribution in [0.2, 0.25) is 0 Å². The predicted octanol–water partition coefficient (Wildman–Crippen LogP) is 6.82. The summed E-state index contributed by atoms with van der Waals surface area (Å²) in [5.74, 6) is -0.963. The van der Waals surface area contributed by atoms with E-state index in [1.807, 2.05) is 0 Å². The van der Waals surface area contributed by atoms with E-state index in [1.165, 1.54) is 96.3 Å². The van der Waals surface area contributed by atoms with E-state index < -0.39 is 51.8 Å². The first kappa shape index (κ1) is 53.8. The van der Waals surface area contributed by atoms with Gasteiger partial charge in [-0.25, -0.2) is 0 Å². The molecule has 0 bridgehead atoms. The van der Waals surface area contributed by atoms with Crippen LogP contribution in [0.5, 0.6) is 0 Å². The van der Waals surface area contributed by atoms with Gasteiger partial charge < -0.3 is 33.6 Å². The Balaban J connectivity index is 0. The first-order valence-electron chi connectivity index (χ1n) is 20.6. The summed E-state index contributed by atoms with van der Waals surface area (Å²) in [5.41, 5.74) is 0. The van der Waals surface area contributed by atoms with Crippen LogP contribution < -0.4 is 34.5 Å². The van der Waals surface area contributed by atoms with Crippen LogP contribution in [0.1, 0.15) is 194 Å². The molecule has 0 aromatic rings. The Morgan fingerprint density at radius 2 is 0.981 bits per heavy atom. The molecule has 0 aromatic carbocycles. The van der Waals surface area contributed by atoms with E-state index in [2.05, 4.69) is 30.5 Å². The largest absolute Gasteiger partial charge is 1.00 e. The van der Waals surface area contributed by atoms with Crippen LogP contribution >= 0.6 is 7.82 Å². The maximum absolute atomic E-state index is 12.6. The molecule has 52 heavy (non-hydrogen) atoms. The summed E-state index contributed by atoms with van der Waals surface area (Å²) in [6, 6.07) is 0. The number of carbonyl (C=O) groups is 2. The van der Waals surface area contributed by atoms with E-state index in [1.54, 1.807) is 0 Å². The molecule has 0 heterocycles. The van der Waals surface area contributed by atoms with Crippen LogP contribution in [0.15, 0.2) is 12.2 Å². The Kier molecular flexibility index (Phi) is 41.8. The molecule has 0 saturated carbocycles. The zero-order valence-electron chi connectivity index (χ0n) is 33.5. The van der Waals surface area contributed by atoms with E-state index in [4.69, 9.17) is 19.1 Å². The molecule has 0 spiro atoms. The summed E-state index contributed by atoms with van der Waals surface area (Å²) in [7, 11) is -4.86. The summed E-state index contributed by atoms with van der Waals surface area (Å²) in [6.07, 6.45) is 32.9. The van der Waals surface area contributed by atoms with Crippen molar-refractivity contribution in [2.45, 2.75) is 206 Å². The predicted molar refractivity (Wildman–Crippen MR) is 203 cm³/mol. The molecular weight excluding hydrogens is 694 g/mol. The van der Waals surface area contributed by atoms with Crippen molar-refractivity contribution in [2.75, 3.05) is 26.4 Å². The van der Waals surface area contributed by atoms with Gasteiger partial charge in [0, 0.05) is 12.8 Å². The van der Waals surface area contributed by atoms with Gasteiger partial charge in [0.05, 0.1) is 19.8 Å². The molecule has 0 radical (unpaired) electrons. The molecule has 3 unspecified atom stereocenters. The summed E-state index contributed by atoms with van der Waals surface area (Å²) < 4.78 is 32.3. The molecule has 0 saturated heterocycles. The van der Waals surface area contributed by atoms with Crippen LogP contribution in [0.25, 0.3) is 0 Å². The van der Waals surface area contributed by atoms with Gasteiger partial charge in [0.15, 0.2) is 6.10 Å². The van der Waals surface area contributed by atoms with Crippen molar-refractivity contribution in [3.63, 3.8) is 0 Å². The molecule has 3 atom stereocenters. The fourth-order valence-electron chi connectivity index (χ4n) is 5.69. The number of phosphoric acid groups is 1. The van der Waals surface area contributed by atoms with E-state index in [-0.39, 0.29) is 49.0 Å². The Morgan fingerprint density at radius 1 is 0.596 bits per heavy atom. The molecule has 0 aliphatic carbocycles. The van der Waals surface area contributed by atoms with Crippen LogP contribution in [0.4, 0.5) is 0 Å². The van der Waals surface area contributed by atoms with Gasteiger partial charge in [-0.15, -0.1) is 0 Å². The SMILES string of the molecule is CCCCCCCC/C=C\CCCCCCCC(=O)OC(COC(=O)CCCCCCCCCCCCCCC)COP(=O)([O-])OCC(O)CO.[Na+]. The van der Waals surface area contributed by atoms with Gasteiger partial charge in [-0.2, -0.15) is 0 Å².